The number of nitrogens with one attached hydrogen (secondary N) is 3. The van der Waals surface area contributed by atoms with E-state index in [-0.39, 0.29) is 30.3 Å². The van der Waals surface area contributed by atoms with E-state index in [1.807, 2.05) is 61.3 Å². The van der Waals surface area contributed by atoms with Gasteiger partial charge in [-0.25, -0.2) is 0 Å². The van der Waals surface area contributed by atoms with Gasteiger partial charge in [0.15, 0.2) is 0 Å². The standard InChI is InChI=1S/C27H30N4O4/c1-18(21-11-8-12-22(15-21)29-27(34)20-9-6-5-7-10-20)31(3)17-26(33)30-24-16-23(28-19(2)32)13-14-25(24)35-4/h5-16,18H,17H2,1-4H3,(H,28,32)(H,29,34)(H,30,33). The molecule has 3 aromatic carbocycles. The lowest BCUT2D eigenvalue weighted by molar-refractivity contribution is -0.117. The second kappa shape index (κ2) is 11.8. The number of hydrogen-bond donors (Lipinski definition) is 3. The molecule has 8 heteroatoms. The molecule has 0 aromatic heterocycles. The first-order chi connectivity index (χ1) is 16.8. The van der Waals surface area contributed by atoms with Gasteiger partial charge in [0.25, 0.3) is 5.91 Å². The Bertz CT molecular complexity index is 1200. The van der Waals surface area contributed by atoms with Crippen molar-refractivity contribution in [3.8, 4) is 5.75 Å². The number of benzene rings is 3. The quantitative estimate of drug-likeness (QED) is 0.423. The topological polar surface area (TPSA) is 99.8 Å². The van der Waals surface area contributed by atoms with Gasteiger partial charge in [0.05, 0.1) is 19.3 Å². The summed E-state index contributed by atoms with van der Waals surface area (Å²) in [4.78, 5) is 38.5. The maximum atomic E-state index is 12.8. The Morgan fingerprint density at radius 2 is 1.60 bits per heavy atom. The summed E-state index contributed by atoms with van der Waals surface area (Å²) in [5.74, 6) is -0.127. The zero-order valence-electron chi connectivity index (χ0n) is 20.3. The third-order valence-electron chi connectivity index (χ3n) is 5.51. The number of amides is 3. The molecule has 0 saturated heterocycles. The number of likely N-dealkylation sites (N-methyl/N-ethyl adjacent to an activating group) is 1. The molecule has 3 rings (SSSR count). The largest absolute Gasteiger partial charge is 0.495 e. The van der Waals surface area contributed by atoms with Crippen molar-refractivity contribution in [2.45, 2.75) is 19.9 Å². The van der Waals surface area contributed by atoms with Gasteiger partial charge in [-0.3, -0.25) is 19.3 Å². The van der Waals surface area contributed by atoms with Gasteiger partial charge in [0.2, 0.25) is 11.8 Å². The second-order valence-electron chi connectivity index (χ2n) is 8.18. The van der Waals surface area contributed by atoms with Gasteiger partial charge in [0, 0.05) is 29.9 Å². The van der Waals surface area contributed by atoms with E-state index in [9.17, 15) is 14.4 Å². The van der Waals surface area contributed by atoms with Crippen molar-refractivity contribution in [2.75, 3.05) is 36.7 Å². The molecule has 0 aliphatic rings. The number of methoxy groups -OCH3 is 1. The van der Waals surface area contributed by atoms with Crippen molar-refractivity contribution >= 4 is 34.8 Å². The normalized spacial score (nSPS) is 11.5. The van der Waals surface area contributed by atoms with Crippen molar-refractivity contribution in [1.82, 2.24) is 4.90 Å². The molecule has 0 bridgehead atoms. The molecule has 35 heavy (non-hydrogen) atoms. The molecule has 0 aliphatic carbocycles. The number of carbonyl (C=O) groups is 3. The number of ether oxygens (including phenoxy) is 1. The average Bonchev–Trinajstić information content (AvgIpc) is 2.84. The first kappa shape index (κ1) is 25.5. The van der Waals surface area contributed by atoms with E-state index in [0.717, 1.165) is 5.56 Å². The van der Waals surface area contributed by atoms with Gasteiger partial charge < -0.3 is 20.7 Å². The Kier molecular flexibility index (Phi) is 8.58. The molecular weight excluding hydrogens is 444 g/mol. The molecule has 3 N–H and O–H groups in total. The molecule has 0 aliphatic heterocycles. The summed E-state index contributed by atoms with van der Waals surface area (Å²) >= 11 is 0. The number of rotatable bonds is 9. The fourth-order valence-electron chi connectivity index (χ4n) is 3.56. The summed E-state index contributed by atoms with van der Waals surface area (Å²) < 4.78 is 5.33. The van der Waals surface area contributed by atoms with Gasteiger partial charge in [-0.05, 0) is 62.0 Å². The fourth-order valence-corrected chi connectivity index (χ4v) is 3.56. The maximum Gasteiger partial charge on any atom is 0.255 e. The van der Waals surface area contributed by atoms with E-state index in [0.29, 0.717) is 28.4 Å². The van der Waals surface area contributed by atoms with Gasteiger partial charge in [-0.2, -0.15) is 0 Å². The summed E-state index contributed by atoms with van der Waals surface area (Å²) in [7, 11) is 3.37. The lowest BCUT2D eigenvalue weighted by Crippen LogP contribution is -2.32. The summed E-state index contributed by atoms with van der Waals surface area (Å²) in [5.41, 5.74) is 3.25. The number of nitrogens with zero attached hydrogens (tertiary/aromatic N) is 1. The van der Waals surface area contributed by atoms with E-state index < -0.39 is 0 Å². The highest BCUT2D eigenvalue weighted by atomic mass is 16.5. The third kappa shape index (κ3) is 7.15. The lowest BCUT2D eigenvalue weighted by Gasteiger charge is -2.25. The summed E-state index contributed by atoms with van der Waals surface area (Å²) in [6.45, 7) is 3.53. The van der Waals surface area contributed by atoms with Crippen LogP contribution in [0.25, 0.3) is 0 Å². The van der Waals surface area contributed by atoms with Gasteiger partial charge in [-0.15, -0.1) is 0 Å². The molecule has 0 saturated carbocycles. The van der Waals surface area contributed by atoms with Crippen LogP contribution in [0, 0.1) is 0 Å². The highest BCUT2D eigenvalue weighted by molar-refractivity contribution is 6.04. The summed E-state index contributed by atoms with van der Waals surface area (Å²) in [6, 6.07) is 21.5. The smallest absolute Gasteiger partial charge is 0.255 e. The average molecular weight is 475 g/mol. The first-order valence-corrected chi connectivity index (χ1v) is 11.2. The van der Waals surface area contributed by atoms with Gasteiger partial charge in [-0.1, -0.05) is 30.3 Å². The predicted molar refractivity (Wildman–Crippen MR) is 138 cm³/mol. The zero-order chi connectivity index (χ0) is 25.4. The number of carbonyl (C=O) groups excluding carboxylic acids is 3. The molecule has 0 spiro atoms. The van der Waals surface area contributed by atoms with E-state index in [4.69, 9.17) is 4.74 Å². The van der Waals surface area contributed by atoms with Crippen LogP contribution in [-0.2, 0) is 9.59 Å². The Hall–Kier alpha value is -4.17. The van der Waals surface area contributed by atoms with E-state index in [2.05, 4.69) is 16.0 Å². The van der Waals surface area contributed by atoms with Crippen LogP contribution in [0.5, 0.6) is 5.75 Å². The maximum absolute atomic E-state index is 12.8. The molecule has 3 amide bonds. The molecule has 0 fully saturated rings. The van der Waals surface area contributed by atoms with Crippen molar-refractivity contribution in [1.29, 1.82) is 0 Å². The monoisotopic (exact) mass is 474 g/mol. The van der Waals surface area contributed by atoms with Crippen LogP contribution in [0.3, 0.4) is 0 Å². The van der Waals surface area contributed by atoms with Crippen LogP contribution in [0.1, 0.15) is 35.8 Å². The van der Waals surface area contributed by atoms with Gasteiger partial charge in [0.1, 0.15) is 5.75 Å². The molecule has 3 aromatic rings. The van der Waals surface area contributed by atoms with Gasteiger partial charge >= 0.3 is 0 Å². The minimum atomic E-state index is -0.230. The minimum Gasteiger partial charge on any atom is -0.495 e. The molecule has 1 unspecified atom stereocenters. The minimum absolute atomic E-state index is 0.0954. The lowest BCUT2D eigenvalue weighted by atomic mass is 10.1. The SMILES string of the molecule is COc1ccc(NC(C)=O)cc1NC(=O)CN(C)C(C)c1cccc(NC(=O)c2ccccc2)c1. The van der Waals surface area contributed by atoms with Crippen LogP contribution in [-0.4, -0.2) is 43.3 Å². The molecule has 0 heterocycles. The summed E-state index contributed by atoms with van der Waals surface area (Å²) in [5, 5.41) is 8.46. The van der Waals surface area contributed by atoms with Crippen LogP contribution in [0.2, 0.25) is 0 Å². The Morgan fingerprint density at radius 3 is 2.29 bits per heavy atom. The van der Waals surface area contributed by atoms with Crippen molar-refractivity contribution in [2.24, 2.45) is 0 Å². The van der Waals surface area contributed by atoms with E-state index >= 15 is 0 Å². The summed E-state index contributed by atoms with van der Waals surface area (Å²) in [6.07, 6.45) is 0. The van der Waals surface area contributed by atoms with Crippen molar-refractivity contribution < 1.29 is 19.1 Å². The third-order valence-corrected chi connectivity index (χ3v) is 5.51. The van der Waals surface area contributed by atoms with Crippen LogP contribution in [0.15, 0.2) is 72.8 Å². The molecular formula is C27H30N4O4. The predicted octanol–water partition coefficient (Wildman–Crippen LogP) is 4.54. The van der Waals surface area contributed by atoms with Crippen molar-refractivity contribution in [3.63, 3.8) is 0 Å². The van der Waals surface area contributed by atoms with Crippen LogP contribution < -0.4 is 20.7 Å². The van der Waals surface area contributed by atoms with Crippen LogP contribution >= 0.6 is 0 Å². The fraction of sp³-hybridized carbons (Fsp3) is 0.222. The number of hydrogen-bond acceptors (Lipinski definition) is 5. The molecule has 1 atom stereocenters. The Balaban J connectivity index is 1.64. The Morgan fingerprint density at radius 1 is 0.886 bits per heavy atom. The highest BCUT2D eigenvalue weighted by Crippen LogP contribution is 2.28. The number of anilines is 3. The van der Waals surface area contributed by atoms with Crippen molar-refractivity contribution in [3.05, 3.63) is 83.9 Å². The van der Waals surface area contributed by atoms with Crippen LogP contribution in [0.4, 0.5) is 17.1 Å². The second-order valence-corrected chi connectivity index (χ2v) is 8.18. The van der Waals surface area contributed by atoms with E-state index in [1.54, 1.807) is 30.3 Å². The first-order valence-electron chi connectivity index (χ1n) is 11.2. The Labute approximate surface area is 205 Å². The van der Waals surface area contributed by atoms with E-state index in [1.165, 1.54) is 14.0 Å². The molecule has 182 valence electrons. The molecule has 0 radical (unpaired) electrons. The zero-order valence-corrected chi connectivity index (χ0v) is 20.3. The molecule has 8 nitrogen and oxygen atoms in total. The highest BCUT2D eigenvalue weighted by Gasteiger charge is 2.17.